The molecule has 2 rings (SSSR count). The molecule has 72 valence electrons. The van der Waals surface area contributed by atoms with Crippen molar-refractivity contribution in [2.45, 2.75) is 6.92 Å². The molecule has 0 saturated heterocycles. The maximum absolute atomic E-state index is 11.4. The Bertz CT molecular complexity index is 415. The van der Waals surface area contributed by atoms with Gasteiger partial charge in [0.2, 0.25) is 0 Å². The molecule has 1 atom stereocenters. The number of nitrogens with two attached hydrogens (primary N) is 1. The van der Waals surface area contributed by atoms with E-state index in [1.54, 1.807) is 0 Å². The third-order valence-corrected chi connectivity index (χ3v) is 2.41. The Labute approximate surface area is 81.4 Å². The second-order valence-corrected chi connectivity index (χ2v) is 3.10. The van der Waals surface area contributed by atoms with Gasteiger partial charge in [0.1, 0.15) is 6.54 Å². The van der Waals surface area contributed by atoms with Crippen molar-refractivity contribution in [2.24, 2.45) is 16.1 Å². The highest BCUT2D eigenvalue weighted by atomic mass is 16.2. The smallest absolute Gasteiger partial charge is 0.316 e. The molecule has 1 aliphatic rings. The lowest BCUT2D eigenvalue weighted by Crippen LogP contribution is -2.51. The molecule has 14 heavy (non-hydrogen) atoms. The highest BCUT2D eigenvalue weighted by molar-refractivity contribution is 5.89. The van der Waals surface area contributed by atoms with Crippen LogP contribution in [0.25, 0.3) is 0 Å². The van der Waals surface area contributed by atoms with Crippen molar-refractivity contribution in [3.05, 3.63) is 24.3 Å². The zero-order chi connectivity index (χ0) is 10.2. The van der Waals surface area contributed by atoms with Gasteiger partial charge in [-0.05, 0) is 13.0 Å². The molecule has 1 aromatic carbocycles. The number of para-hydroxylation sites is 1. The summed E-state index contributed by atoms with van der Waals surface area (Å²) in [6.45, 7) is 2.34. The van der Waals surface area contributed by atoms with E-state index in [0.29, 0.717) is 12.2 Å². The summed E-state index contributed by atoms with van der Waals surface area (Å²) < 4.78 is -0.226. The first-order valence-corrected chi connectivity index (χ1v) is 4.41. The van der Waals surface area contributed by atoms with Crippen molar-refractivity contribution >= 4 is 17.4 Å². The van der Waals surface area contributed by atoms with Crippen LogP contribution in [0.1, 0.15) is 6.92 Å². The molecule has 1 unspecified atom stereocenters. The minimum Gasteiger partial charge on any atom is -0.316 e. The number of urea groups is 1. The second kappa shape index (κ2) is 2.88. The molecule has 2 amide bonds. The van der Waals surface area contributed by atoms with Crippen LogP contribution in [0.4, 0.5) is 16.2 Å². The maximum atomic E-state index is 11.4. The largest absolute Gasteiger partial charge is 0.447 e. The Morgan fingerprint density at radius 2 is 2.21 bits per heavy atom. The number of benzene rings is 1. The number of amides is 2. The third-order valence-electron chi connectivity index (χ3n) is 2.41. The number of rotatable bonds is 1. The molecule has 0 bridgehead atoms. The van der Waals surface area contributed by atoms with Gasteiger partial charge in [-0.1, -0.05) is 21.8 Å². The van der Waals surface area contributed by atoms with Gasteiger partial charge < -0.3 is 5.73 Å². The van der Waals surface area contributed by atoms with Crippen molar-refractivity contribution in [3.8, 4) is 0 Å². The van der Waals surface area contributed by atoms with Crippen LogP contribution in [0.5, 0.6) is 0 Å². The lowest BCUT2D eigenvalue weighted by atomic mass is 10.2. The summed E-state index contributed by atoms with van der Waals surface area (Å²) in [7, 11) is 0. The number of primary amides is 1. The maximum Gasteiger partial charge on any atom is 0.447 e. The standard InChI is InChI=1S/C9H10N4O/c1-2-13(9(10)14)8-6-4-3-5-7(8)11-12-13/h3-6H,2H2,1H3,(H-,10,14)/p+1. The third kappa shape index (κ3) is 0.958. The van der Waals surface area contributed by atoms with Gasteiger partial charge in [0, 0.05) is 11.3 Å². The molecular formula is C9H11N4O+. The monoisotopic (exact) mass is 191 g/mol. The van der Waals surface area contributed by atoms with Crippen LogP contribution in [-0.4, -0.2) is 12.6 Å². The molecule has 0 fully saturated rings. The Morgan fingerprint density at radius 3 is 2.86 bits per heavy atom. The van der Waals surface area contributed by atoms with Crippen molar-refractivity contribution in [1.82, 2.24) is 4.59 Å². The summed E-state index contributed by atoms with van der Waals surface area (Å²) in [6.07, 6.45) is 0. The van der Waals surface area contributed by atoms with E-state index >= 15 is 0 Å². The van der Waals surface area contributed by atoms with Crippen LogP contribution in [0.15, 0.2) is 34.6 Å². The first-order valence-electron chi connectivity index (χ1n) is 4.41. The van der Waals surface area contributed by atoms with E-state index in [9.17, 15) is 4.79 Å². The second-order valence-electron chi connectivity index (χ2n) is 3.10. The zero-order valence-electron chi connectivity index (χ0n) is 7.84. The zero-order valence-corrected chi connectivity index (χ0v) is 7.84. The fourth-order valence-electron chi connectivity index (χ4n) is 1.59. The first kappa shape index (κ1) is 8.83. The highest BCUT2D eigenvalue weighted by Gasteiger charge is 2.43. The lowest BCUT2D eigenvalue weighted by molar-refractivity contribution is 0.212. The Kier molecular flexibility index (Phi) is 1.82. The molecular weight excluding hydrogens is 180 g/mol. The van der Waals surface area contributed by atoms with Gasteiger partial charge in [-0.15, -0.1) is 0 Å². The van der Waals surface area contributed by atoms with E-state index in [0.717, 1.165) is 5.69 Å². The van der Waals surface area contributed by atoms with Gasteiger partial charge in [-0.3, -0.25) is 0 Å². The highest BCUT2D eigenvalue weighted by Crippen LogP contribution is 2.40. The van der Waals surface area contributed by atoms with Gasteiger partial charge >= 0.3 is 6.03 Å². The number of quaternary nitrogens is 1. The van der Waals surface area contributed by atoms with E-state index < -0.39 is 6.03 Å². The topological polar surface area (TPSA) is 67.8 Å². The van der Waals surface area contributed by atoms with Crippen LogP contribution in [-0.2, 0) is 0 Å². The van der Waals surface area contributed by atoms with Gasteiger partial charge in [0.25, 0.3) is 0 Å². The molecule has 0 spiro atoms. The average Bonchev–Trinajstić information content (AvgIpc) is 2.57. The van der Waals surface area contributed by atoms with Gasteiger partial charge in [0.05, 0.1) is 0 Å². The molecule has 5 heteroatoms. The molecule has 2 N–H and O–H groups in total. The van der Waals surface area contributed by atoms with Crippen LogP contribution in [0.3, 0.4) is 0 Å². The minimum atomic E-state index is -0.499. The number of fused-ring (bicyclic) bond motifs is 1. The van der Waals surface area contributed by atoms with Crippen LogP contribution < -0.4 is 10.3 Å². The SMILES string of the molecule is CC[N+]1(C(N)=O)N=Nc2ccccc21. The van der Waals surface area contributed by atoms with Gasteiger partial charge in [-0.25, -0.2) is 4.79 Å². The Hall–Kier alpha value is -1.75. The summed E-state index contributed by atoms with van der Waals surface area (Å²) >= 11 is 0. The molecule has 5 nitrogen and oxygen atoms in total. The number of hydrogen-bond donors (Lipinski definition) is 1. The number of nitrogens with zero attached hydrogens (tertiary/aromatic N) is 3. The van der Waals surface area contributed by atoms with Crippen molar-refractivity contribution in [2.75, 3.05) is 6.54 Å². The van der Waals surface area contributed by atoms with Crippen LogP contribution >= 0.6 is 0 Å². The van der Waals surface area contributed by atoms with E-state index in [4.69, 9.17) is 5.73 Å². The molecule has 0 saturated carbocycles. The average molecular weight is 191 g/mol. The summed E-state index contributed by atoms with van der Waals surface area (Å²) in [6, 6.07) is 6.84. The molecule has 0 aliphatic carbocycles. The van der Waals surface area contributed by atoms with Crippen LogP contribution in [0, 0.1) is 0 Å². The van der Waals surface area contributed by atoms with E-state index in [1.165, 1.54) is 0 Å². The molecule has 1 heterocycles. The summed E-state index contributed by atoms with van der Waals surface area (Å²) in [4.78, 5) is 11.4. The summed E-state index contributed by atoms with van der Waals surface area (Å²) in [5, 5.41) is 7.88. The Morgan fingerprint density at radius 1 is 1.50 bits per heavy atom. The van der Waals surface area contributed by atoms with Crippen molar-refractivity contribution in [3.63, 3.8) is 0 Å². The van der Waals surface area contributed by atoms with Crippen LogP contribution in [0.2, 0.25) is 0 Å². The van der Waals surface area contributed by atoms with Gasteiger partial charge in [0.15, 0.2) is 11.4 Å². The lowest BCUT2D eigenvalue weighted by Gasteiger charge is -2.19. The quantitative estimate of drug-likeness (QED) is 0.678. The van der Waals surface area contributed by atoms with E-state index in [-0.39, 0.29) is 4.59 Å². The fraction of sp³-hybridized carbons (Fsp3) is 0.222. The van der Waals surface area contributed by atoms with E-state index in [1.807, 2.05) is 31.2 Å². The Balaban J connectivity index is 2.61. The number of carbonyl (C=O) groups is 1. The predicted molar refractivity (Wildman–Crippen MR) is 52.9 cm³/mol. The van der Waals surface area contributed by atoms with Crippen molar-refractivity contribution < 1.29 is 4.79 Å². The fourth-order valence-corrected chi connectivity index (χ4v) is 1.59. The summed E-state index contributed by atoms with van der Waals surface area (Å²) in [5.41, 5.74) is 6.81. The van der Waals surface area contributed by atoms with E-state index in [2.05, 4.69) is 10.3 Å². The summed E-state index contributed by atoms with van der Waals surface area (Å²) in [5.74, 6) is 0. The minimum absolute atomic E-state index is 0.226. The molecule has 1 aliphatic heterocycles. The molecule has 1 aromatic rings. The molecule has 0 radical (unpaired) electrons. The number of hydrogen-bond acceptors (Lipinski definition) is 3. The molecule has 0 aromatic heterocycles. The number of carbonyl (C=O) groups excluding carboxylic acids is 1. The van der Waals surface area contributed by atoms with Crippen molar-refractivity contribution in [1.29, 1.82) is 0 Å². The van der Waals surface area contributed by atoms with Gasteiger partial charge in [-0.2, -0.15) is 0 Å². The first-order chi connectivity index (χ1) is 6.70. The predicted octanol–water partition coefficient (Wildman–Crippen LogP) is 2.10. The normalized spacial score (nSPS) is 23.5.